The Morgan fingerprint density at radius 1 is 0.846 bits per heavy atom. The molecule has 1 aliphatic carbocycles. The van der Waals surface area contributed by atoms with Crippen LogP contribution in [0, 0.1) is 0 Å². The van der Waals surface area contributed by atoms with Crippen molar-refractivity contribution in [1.29, 1.82) is 0 Å². The van der Waals surface area contributed by atoms with Crippen molar-refractivity contribution < 1.29 is 38.9 Å². The molecule has 2 atom stereocenters. The summed E-state index contributed by atoms with van der Waals surface area (Å²) in [6.45, 7) is 0. The molecule has 8 heteroatoms. The Morgan fingerprint density at radius 3 is 1.92 bits per heavy atom. The Balaban J connectivity index is 2.17. The van der Waals surface area contributed by atoms with Gasteiger partial charge in [-0.3, -0.25) is 0 Å². The maximum absolute atomic E-state index is 12.1. The zero-order valence-corrected chi connectivity index (χ0v) is 13.5. The molecule has 0 saturated heterocycles. The molecule has 0 heterocycles. The lowest BCUT2D eigenvalue weighted by atomic mass is 10.1. The van der Waals surface area contributed by atoms with Crippen LogP contribution >= 0.6 is 0 Å². The molecule has 0 amide bonds. The number of carboxylic acid groups (broad SMARTS) is 2. The Labute approximate surface area is 148 Å². The minimum atomic E-state index is -2.20. The fraction of sp³-hybridized carbons (Fsp3) is 0.222. The molecule has 0 bridgehead atoms. The molecule has 0 radical (unpaired) electrons. The number of allylic oxidation sites excluding steroid dienone is 2. The van der Waals surface area contributed by atoms with Crippen LogP contribution in [-0.2, 0) is 23.9 Å². The van der Waals surface area contributed by atoms with Crippen molar-refractivity contribution in [2.75, 3.05) is 0 Å². The van der Waals surface area contributed by atoms with E-state index < -0.39 is 36.1 Å². The number of hydrogen-bond acceptors (Lipinski definition) is 6. The number of ether oxygens (including phenoxy) is 2. The molecular formula is C18H16O8. The van der Waals surface area contributed by atoms with E-state index in [1.807, 2.05) is 0 Å². The highest BCUT2D eigenvalue weighted by molar-refractivity contribution is 5.96. The van der Waals surface area contributed by atoms with Gasteiger partial charge in [-0.05, 0) is 25.0 Å². The minimum Gasteiger partial charge on any atom is -0.478 e. The molecule has 0 spiro atoms. The number of aliphatic carboxylic acids is 2. The van der Waals surface area contributed by atoms with Crippen LogP contribution < -0.4 is 0 Å². The first-order valence-corrected chi connectivity index (χ1v) is 7.69. The van der Waals surface area contributed by atoms with E-state index in [0.29, 0.717) is 6.42 Å². The van der Waals surface area contributed by atoms with Gasteiger partial charge in [0.1, 0.15) is 0 Å². The first-order valence-electron chi connectivity index (χ1n) is 7.69. The lowest BCUT2D eigenvalue weighted by molar-refractivity contribution is -0.176. The van der Waals surface area contributed by atoms with E-state index >= 15 is 0 Å². The molecular weight excluding hydrogens is 344 g/mol. The molecule has 0 aliphatic heterocycles. The standard InChI is InChI=1S/C18H16O8/c19-15(20)13(25-17(23)11-7-3-1-4-8-11)14(16(21)22)26-18(24)12-9-5-2-6-10-12/h1,3-5,7-10,13-14H,2,6H2,(H,19,20)(H,21,22)/t13-,14-/m1/s1. The summed E-state index contributed by atoms with van der Waals surface area (Å²) in [4.78, 5) is 46.9. The lowest BCUT2D eigenvalue weighted by Crippen LogP contribution is -2.46. The van der Waals surface area contributed by atoms with Gasteiger partial charge in [-0.2, -0.15) is 0 Å². The van der Waals surface area contributed by atoms with Crippen LogP contribution in [0.15, 0.2) is 54.1 Å². The maximum Gasteiger partial charge on any atom is 0.349 e. The number of hydrogen-bond donors (Lipinski definition) is 2. The SMILES string of the molecule is O=C(O[C@@H](C(=O)O)[C@@H](OC(=O)c1ccccc1)C(=O)O)C1=CCCC=C1. The predicted molar refractivity (Wildman–Crippen MR) is 87.3 cm³/mol. The number of benzene rings is 1. The second-order valence-corrected chi connectivity index (χ2v) is 5.33. The smallest absolute Gasteiger partial charge is 0.349 e. The summed E-state index contributed by atoms with van der Waals surface area (Å²) in [5.41, 5.74) is 0.146. The molecule has 8 nitrogen and oxygen atoms in total. The molecule has 2 rings (SSSR count). The first kappa shape index (κ1) is 18.9. The van der Waals surface area contributed by atoms with Gasteiger partial charge in [0.15, 0.2) is 0 Å². The topological polar surface area (TPSA) is 127 Å². The van der Waals surface area contributed by atoms with Gasteiger partial charge in [-0.15, -0.1) is 0 Å². The molecule has 0 unspecified atom stereocenters. The molecule has 0 aromatic heterocycles. The number of esters is 2. The Morgan fingerprint density at radius 2 is 1.42 bits per heavy atom. The number of carbonyl (C=O) groups excluding carboxylic acids is 2. The summed E-state index contributed by atoms with van der Waals surface area (Å²) in [7, 11) is 0. The van der Waals surface area contributed by atoms with Crippen LogP contribution in [0.4, 0.5) is 0 Å². The van der Waals surface area contributed by atoms with E-state index in [2.05, 4.69) is 0 Å². The van der Waals surface area contributed by atoms with Gasteiger partial charge in [0, 0.05) is 0 Å². The van der Waals surface area contributed by atoms with E-state index in [1.54, 1.807) is 18.2 Å². The van der Waals surface area contributed by atoms with Gasteiger partial charge in [-0.1, -0.05) is 36.4 Å². The van der Waals surface area contributed by atoms with Crippen molar-refractivity contribution in [2.45, 2.75) is 25.0 Å². The third kappa shape index (κ3) is 4.79. The molecule has 2 N–H and O–H groups in total. The Kier molecular flexibility index (Phi) is 6.26. The minimum absolute atomic E-state index is 0.0344. The van der Waals surface area contributed by atoms with Gasteiger partial charge in [0.25, 0.3) is 0 Å². The van der Waals surface area contributed by atoms with Gasteiger partial charge in [0.05, 0.1) is 11.1 Å². The van der Waals surface area contributed by atoms with E-state index in [-0.39, 0.29) is 11.1 Å². The molecule has 1 aromatic carbocycles. The maximum atomic E-state index is 12.1. The van der Waals surface area contributed by atoms with Gasteiger partial charge < -0.3 is 19.7 Å². The van der Waals surface area contributed by atoms with Gasteiger partial charge in [0.2, 0.25) is 12.2 Å². The number of carbonyl (C=O) groups is 4. The van der Waals surface area contributed by atoms with Crippen LogP contribution in [0.25, 0.3) is 0 Å². The first-order chi connectivity index (χ1) is 12.4. The van der Waals surface area contributed by atoms with Gasteiger partial charge >= 0.3 is 23.9 Å². The van der Waals surface area contributed by atoms with Crippen LogP contribution in [0.2, 0.25) is 0 Å². The van der Waals surface area contributed by atoms with Crippen molar-refractivity contribution in [2.24, 2.45) is 0 Å². The van der Waals surface area contributed by atoms with E-state index in [9.17, 15) is 29.4 Å². The monoisotopic (exact) mass is 360 g/mol. The molecule has 136 valence electrons. The molecule has 0 fully saturated rings. The van der Waals surface area contributed by atoms with Crippen LogP contribution in [0.3, 0.4) is 0 Å². The summed E-state index contributed by atoms with van der Waals surface area (Å²) in [5.74, 6) is -5.54. The zero-order valence-electron chi connectivity index (χ0n) is 13.5. The fourth-order valence-corrected chi connectivity index (χ4v) is 2.19. The third-order valence-electron chi connectivity index (χ3n) is 3.47. The van der Waals surface area contributed by atoms with Crippen molar-refractivity contribution >= 4 is 23.9 Å². The zero-order chi connectivity index (χ0) is 19.1. The highest BCUT2D eigenvalue weighted by Crippen LogP contribution is 2.16. The summed E-state index contributed by atoms with van der Waals surface area (Å²) in [6.07, 6.45) is 1.62. The molecule has 1 aliphatic rings. The third-order valence-corrected chi connectivity index (χ3v) is 3.47. The van der Waals surface area contributed by atoms with Crippen molar-refractivity contribution in [3.05, 3.63) is 59.7 Å². The van der Waals surface area contributed by atoms with Crippen molar-refractivity contribution in [1.82, 2.24) is 0 Å². The Hall–Kier alpha value is -3.42. The summed E-state index contributed by atoms with van der Waals surface area (Å²) >= 11 is 0. The number of rotatable bonds is 7. The quantitative estimate of drug-likeness (QED) is 0.702. The second-order valence-electron chi connectivity index (χ2n) is 5.33. The van der Waals surface area contributed by atoms with Crippen molar-refractivity contribution in [3.8, 4) is 0 Å². The molecule has 26 heavy (non-hydrogen) atoms. The highest BCUT2D eigenvalue weighted by atomic mass is 16.6. The summed E-state index contributed by atoms with van der Waals surface area (Å²) in [6, 6.07) is 7.45. The number of carboxylic acids is 2. The normalized spacial score (nSPS) is 15.3. The van der Waals surface area contributed by atoms with Crippen molar-refractivity contribution in [3.63, 3.8) is 0 Å². The van der Waals surface area contributed by atoms with Crippen LogP contribution in [-0.4, -0.2) is 46.3 Å². The molecule has 0 saturated carbocycles. The van der Waals surface area contributed by atoms with Crippen LogP contribution in [0.1, 0.15) is 23.2 Å². The van der Waals surface area contributed by atoms with Gasteiger partial charge in [-0.25, -0.2) is 19.2 Å². The molecule has 1 aromatic rings. The Bertz CT molecular complexity index is 763. The lowest BCUT2D eigenvalue weighted by Gasteiger charge is -2.21. The predicted octanol–water partition coefficient (Wildman–Crippen LogP) is 1.57. The average molecular weight is 360 g/mol. The summed E-state index contributed by atoms with van der Waals surface area (Å²) < 4.78 is 9.57. The largest absolute Gasteiger partial charge is 0.478 e. The van der Waals surface area contributed by atoms with E-state index in [1.165, 1.54) is 30.3 Å². The highest BCUT2D eigenvalue weighted by Gasteiger charge is 2.41. The van der Waals surface area contributed by atoms with E-state index in [0.717, 1.165) is 6.42 Å². The average Bonchev–Trinajstić information content (AvgIpc) is 2.65. The second kappa shape index (κ2) is 8.61. The summed E-state index contributed by atoms with van der Waals surface area (Å²) in [5, 5.41) is 18.5. The fourth-order valence-electron chi connectivity index (χ4n) is 2.19. The van der Waals surface area contributed by atoms with Crippen LogP contribution in [0.5, 0.6) is 0 Å². The van der Waals surface area contributed by atoms with E-state index in [4.69, 9.17) is 9.47 Å².